The molecule has 0 aliphatic heterocycles. The lowest BCUT2D eigenvalue weighted by Crippen LogP contribution is -2.14. The standard InChI is InChI=1S/C15H18FNO2/c1-4-19-15(18)14-8-11-7-12(16)5-6-13(11)17(14)9-10(2)3/h5-8,10H,4,9H2,1-3H3. The number of hydrogen-bond donors (Lipinski definition) is 0. The van der Waals surface area contributed by atoms with E-state index in [2.05, 4.69) is 13.8 Å². The quantitative estimate of drug-likeness (QED) is 0.789. The van der Waals surface area contributed by atoms with E-state index >= 15 is 0 Å². The molecule has 0 spiro atoms. The maximum atomic E-state index is 13.3. The van der Waals surface area contributed by atoms with Crippen molar-refractivity contribution < 1.29 is 13.9 Å². The summed E-state index contributed by atoms with van der Waals surface area (Å²) in [5, 5.41) is 0.726. The molecular weight excluding hydrogens is 245 g/mol. The molecule has 4 heteroatoms. The Morgan fingerprint density at radius 2 is 2.11 bits per heavy atom. The van der Waals surface area contributed by atoms with Crippen molar-refractivity contribution in [2.75, 3.05) is 6.61 Å². The van der Waals surface area contributed by atoms with Gasteiger partial charge in [-0.3, -0.25) is 0 Å². The summed E-state index contributed by atoms with van der Waals surface area (Å²) >= 11 is 0. The minimum absolute atomic E-state index is 0.301. The normalized spacial score (nSPS) is 11.2. The van der Waals surface area contributed by atoms with Crippen LogP contribution in [0.3, 0.4) is 0 Å². The second kappa shape index (κ2) is 5.43. The molecule has 0 fully saturated rings. The fourth-order valence-corrected chi connectivity index (χ4v) is 2.18. The van der Waals surface area contributed by atoms with E-state index in [0.717, 1.165) is 10.9 Å². The van der Waals surface area contributed by atoms with E-state index in [1.54, 1.807) is 19.1 Å². The molecule has 0 unspecified atom stereocenters. The Labute approximate surface area is 112 Å². The predicted molar refractivity (Wildman–Crippen MR) is 72.7 cm³/mol. The number of fused-ring (bicyclic) bond motifs is 1. The minimum atomic E-state index is -0.361. The third-order valence-electron chi connectivity index (χ3n) is 2.90. The second-order valence-electron chi connectivity index (χ2n) is 4.96. The van der Waals surface area contributed by atoms with Gasteiger partial charge in [-0.15, -0.1) is 0 Å². The average molecular weight is 263 g/mol. The molecule has 19 heavy (non-hydrogen) atoms. The van der Waals surface area contributed by atoms with Crippen molar-refractivity contribution in [3.63, 3.8) is 0 Å². The number of benzene rings is 1. The fourth-order valence-electron chi connectivity index (χ4n) is 2.18. The Bertz CT molecular complexity index is 601. The second-order valence-corrected chi connectivity index (χ2v) is 4.96. The van der Waals surface area contributed by atoms with Gasteiger partial charge >= 0.3 is 5.97 Å². The number of carbonyl (C=O) groups is 1. The number of halogens is 1. The van der Waals surface area contributed by atoms with E-state index in [1.165, 1.54) is 12.1 Å². The minimum Gasteiger partial charge on any atom is -0.461 e. The summed E-state index contributed by atoms with van der Waals surface area (Å²) < 4.78 is 20.2. The highest BCUT2D eigenvalue weighted by atomic mass is 19.1. The third kappa shape index (κ3) is 2.78. The topological polar surface area (TPSA) is 31.2 Å². The molecule has 0 bridgehead atoms. The first-order valence-corrected chi connectivity index (χ1v) is 6.48. The van der Waals surface area contributed by atoms with Gasteiger partial charge in [0.05, 0.1) is 6.61 Å². The van der Waals surface area contributed by atoms with Crippen molar-refractivity contribution in [1.82, 2.24) is 4.57 Å². The number of ether oxygens (including phenoxy) is 1. The van der Waals surface area contributed by atoms with Crippen LogP contribution in [0, 0.1) is 11.7 Å². The number of aromatic nitrogens is 1. The summed E-state index contributed by atoms with van der Waals surface area (Å²) in [6.07, 6.45) is 0. The van der Waals surface area contributed by atoms with Crippen LogP contribution in [0.4, 0.5) is 4.39 Å². The molecule has 2 rings (SSSR count). The number of nitrogens with zero attached hydrogens (tertiary/aromatic N) is 1. The lowest BCUT2D eigenvalue weighted by molar-refractivity contribution is 0.0513. The van der Waals surface area contributed by atoms with Crippen LogP contribution in [-0.4, -0.2) is 17.1 Å². The monoisotopic (exact) mass is 263 g/mol. The maximum Gasteiger partial charge on any atom is 0.354 e. The Morgan fingerprint density at radius 3 is 2.74 bits per heavy atom. The Balaban J connectivity index is 2.57. The van der Waals surface area contributed by atoms with Crippen LogP contribution < -0.4 is 0 Å². The predicted octanol–water partition coefficient (Wildman–Crippen LogP) is 3.61. The number of esters is 1. The smallest absolute Gasteiger partial charge is 0.354 e. The molecule has 1 aromatic carbocycles. The maximum absolute atomic E-state index is 13.3. The van der Waals surface area contributed by atoms with Gasteiger partial charge in [-0.05, 0) is 37.1 Å². The van der Waals surface area contributed by atoms with Gasteiger partial charge in [0.25, 0.3) is 0 Å². The Kier molecular flexibility index (Phi) is 3.88. The molecule has 0 saturated carbocycles. The van der Waals surface area contributed by atoms with E-state index in [4.69, 9.17) is 4.74 Å². The lowest BCUT2D eigenvalue weighted by atomic mass is 10.2. The third-order valence-corrected chi connectivity index (χ3v) is 2.90. The number of hydrogen-bond acceptors (Lipinski definition) is 2. The molecule has 102 valence electrons. The number of rotatable bonds is 4. The molecule has 0 amide bonds. The van der Waals surface area contributed by atoms with Gasteiger partial charge in [0, 0.05) is 17.4 Å². The van der Waals surface area contributed by atoms with Crippen molar-refractivity contribution in [2.24, 2.45) is 5.92 Å². The van der Waals surface area contributed by atoms with E-state index in [0.29, 0.717) is 24.8 Å². The van der Waals surface area contributed by atoms with Crippen molar-refractivity contribution in [3.05, 3.63) is 35.8 Å². The van der Waals surface area contributed by atoms with Gasteiger partial charge in [-0.25, -0.2) is 9.18 Å². The zero-order chi connectivity index (χ0) is 14.0. The van der Waals surface area contributed by atoms with E-state index in [1.807, 2.05) is 4.57 Å². The summed E-state index contributed by atoms with van der Waals surface area (Å²) in [4.78, 5) is 12.0. The molecule has 0 N–H and O–H groups in total. The van der Waals surface area contributed by atoms with Gasteiger partial charge in [-0.1, -0.05) is 13.8 Å². The summed E-state index contributed by atoms with van der Waals surface area (Å²) in [6.45, 7) is 6.95. The molecule has 0 aliphatic rings. The first-order chi connectivity index (χ1) is 9.02. The van der Waals surface area contributed by atoms with Crippen LogP contribution in [0.15, 0.2) is 24.3 Å². The van der Waals surface area contributed by atoms with E-state index < -0.39 is 0 Å². The summed E-state index contributed by atoms with van der Waals surface area (Å²) in [5.41, 5.74) is 1.34. The summed E-state index contributed by atoms with van der Waals surface area (Å²) in [5.74, 6) is -0.279. The molecule has 1 aromatic heterocycles. The molecule has 0 atom stereocenters. The van der Waals surface area contributed by atoms with Crippen molar-refractivity contribution >= 4 is 16.9 Å². The van der Waals surface area contributed by atoms with Crippen LogP contribution in [-0.2, 0) is 11.3 Å². The van der Waals surface area contributed by atoms with Crippen LogP contribution in [0.5, 0.6) is 0 Å². The largest absolute Gasteiger partial charge is 0.461 e. The van der Waals surface area contributed by atoms with Gasteiger partial charge in [0.1, 0.15) is 11.5 Å². The highest BCUT2D eigenvalue weighted by molar-refractivity contribution is 5.95. The first kappa shape index (κ1) is 13.6. The molecule has 1 heterocycles. The van der Waals surface area contributed by atoms with Gasteiger partial charge in [-0.2, -0.15) is 0 Å². The molecule has 0 radical (unpaired) electrons. The highest BCUT2D eigenvalue weighted by Crippen LogP contribution is 2.23. The summed E-state index contributed by atoms with van der Waals surface area (Å²) in [6, 6.07) is 6.25. The van der Waals surface area contributed by atoms with Gasteiger partial charge in [0.2, 0.25) is 0 Å². The summed E-state index contributed by atoms with van der Waals surface area (Å²) in [7, 11) is 0. The lowest BCUT2D eigenvalue weighted by Gasteiger charge is -2.12. The van der Waals surface area contributed by atoms with E-state index in [9.17, 15) is 9.18 Å². The molecular formula is C15H18FNO2. The van der Waals surface area contributed by atoms with Crippen LogP contribution in [0.1, 0.15) is 31.3 Å². The molecule has 3 nitrogen and oxygen atoms in total. The van der Waals surface area contributed by atoms with Crippen LogP contribution >= 0.6 is 0 Å². The zero-order valence-corrected chi connectivity index (χ0v) is 11.4. The fraction of sp³-hybridized carbons (Fsp3) is 0.400. The van der Waals surface area contributed by atoms with Crippen molar-refractivity contribution in [2.45, 2.75) is 27.3 Å². The number of carbonyl (C=O) groups excluding carboxylic acids is 1. The van der Waals surface area contributed by atoms with Gasteiger partial charge in [0.15, 0.2) is 0 Å². The van der Waals surface area contributed by atoms with Crippen LogP contribution in [0.2, 0.25) is 0 Å². The van der Waals surface area contributed by atoms with Crippen molar-refractivity contribution in [3.8, 4) is 0 Å². The zero-order valence-electron chi connectivity index (χ0n) is 11.4. The SMILES string of the molecule is CCOC(=O)c1cc2cc(F)ccc2n1CC(C)C. The van der Waals surface area contributed by atoms with Crippen molar-refractivity contribution in [1.29, 1.82) is 0 Å². The van der Waals surface area contributed by atoms with Crippen LogP contribution in [0.25, 0.3) is 10.9 Å². The van der Waals surface area contributed by atoms with Gasteiger partial charge < -0.3 is 9.30 Å². The molecule has 0 aliphatic carbocycles. The molecule has 2 aromatic rings. The molecule has 0 saturated heterocycles. The Morgan fingerprint density at radius 1 is 1.37 bits per heavy atom. The first-order valence-electron chi connectivity index (χ1n) is 6.48. The highest BCUT2D eigenvalue weighted by Gasteiger charge is 2.17. The Hall–Kier alpha value is -1.84. The average Bonchev–Trinajstić information content (AvgIpc) is 2.67. The van der Waals surface area contributed by atoms with E-state index in [-0.39, 0.29) is 11.8 Å².